The van der Waals surface area contributed by atoms with E-state index in [1.165, 1.54) is 0 Å². The van der Waals surface area contributed by atoms with Gasteiger partial charge in [0.05, 0.1) is 0 Å². The third-order valence-electron chi connectivity index (χ3n) is 0. The molecule has 0 saturated carbocycles. The minimum atomic E-state index is 0. The summed E-state index contributed by atoms with van der Waals surface area (Å²) in [7, 11) is 0. The first kappa shape index (κ1) is 31.2. The molecular formula is AuFeIrRu. The van der Waals surface area contributed by atoms with Crippen molar-refractivity contribution >= 4 is 0 Å². The molecule has 0 aromatic heterocycles. The Labute approximate surface area is 78.0 Å². The summed E-state index contributed by atoms with van der Waals surface area (Å²) in [5.74, 6) is 0. The van der Waals surface area contributed by atoms with Gasteiger partial charge in [-0.25, -0.2) is 0 Å². The average Bonchev–Trinajstić information content (AvgIpc) is 0. The zero-order valence-electron chi connectivity index (χ0n) is 1.34. The Bertz CT molecular complexity index is 8.00. The second-order valence-corrected chi connectivity index (χ2v) is 0. The molecule has 0 saturated heterocycles. The second-order valence-electron chi connectivity index (χ2n) is 0. The molecule has 0 unspecified atom stereocenters. The van der Waals surface area contributed by atoms with Crippen molar-refractivity contribution < 1.29 is 79.0 Å². The van der Waals surface area contributed by atoms with Crippen LogP contribution in [-0.2, 0) is 79.0 Å². The van der Waals surface area contributed by atoms with Crippen molar-refractivity contribution in [1.29, 1.82) is 0 Å². The van der Waals surface area contributed by atoms with Crippen LogP contribution in [0.4, 0.5) is 0 Å². The molecule has 0 aromatic rings. The van der Waals surface area contributed by atoms with E-state index in [9.17, 15) is 0 Å². The molecule has 0 bridgehead atoms. The van der Waals surface area contributed by atoms with Gasteiger partial charge in [-0.2, -0.15) is 0 Å². The predicted octanol–water partition coefficient (Wildman–Crippen LogP) is -0.0100. The van der Waals surface area contributed by atoms with Gasteiger partial charge in [-0.05, 0) is 0 Å². The van der Waals surface area contributed by atoms with Gasteiger partial charge in [0.15, 0.2) is 0 Å². The molecule has 36 valence electrons. The standard InChI is InChI=1S/Au.Fe.Ir.Ru. The van der Waals surface area contributed by atoms with Crippen LogP contribution in [0.3, 0.4) is 0 Å². The summed E-state index contributed by atoms with van der Waals surface area (Å²) in [6.07, 6.45) is 0. The Kier molecular flexibility index (Phi) is 138. The van der Waals surface area contributed by atoms with Crippen molar-refractivity contribution in [2.75, 3.05) is 0 Å². The maximum atomic E-state index is 0. The molecule has 0 aliphatic carbocycles. The van der Waals surface area contributed by atoms with Crippen LogP contribution in [0.2, 0.25) is 0 Å². The zero-order chi connectivity index (χ0) is 0. The molecule has 0 fully saturated rings. The largest absolute Gasteiger partial charge is 0 e. The van der Waals surface area contributed by atoms with Gasteiger partial charge in [0, 0.05) is 79.0 Å². The Morgan fingerprint density at radius 2 is 1.00 bits per heavy atom. The monoisotopic (exact) mass is 548 g/mol. The fraction of sp³-hybridized carbons (Fsp3) is 0. The van der Waals surface area contributed by atoms with Crippen LogP contribution in [0.5, 0.6) is 0 Å². The average molecular weight is 546 g/mol. The van der Waals surface area contributed by atoms with E-state index < -0.39 is 0 Å². The summed E-state index contributed by atoms with van der Waals surface area (Å²) in [6, 6.07) is 0. The molecule has 0 amide bonds. The van der Waals surface area contributed by atoms with Gasteiger partial charge in [-0.3, -0.25) is 0 Å². The van der Waals surface area contributed by atoms with Crippen molar-refractivity contribution in [3.63, 3.8) is 0 Å². The predicted molar refractivity (Wildman–Crippen MR) is 0 cm³/mol. The van der Waals surface area contributed by atoms with Crippen LogP contribution in [-0.4, -0.2) is 0 Å². The van der Waals surface area contributed by atoms with E-state index in [0.717, 1.165) is 0 Å². The van der Waals surface area contributed by atoms with E-state index in [0.29, 0.717) is 0 Å². The summed E-state index contributed by atoms with van der Waals surface area (Å²) < 4.78 is 0. The van der Waals surface area contributed by atoms with Gasteiger partial charge in [-0.1, -0.05) is 0 Å². The Balaban J connectivity index is 0. The topological polar surface area (TPSA) is 0 Å². The molecule has 0 rings (SSSR count). The van der Waals surface area contributed by atoms with E-state index >= 15 is 0 Å². The molecule has 2 radical (unpaired) electrons. The summed E-state index contributed by atoms with van der Waals surface area (Å²) in [6.45, 7) is 0. The van der Waals surface area contributed by atoms with Crippen molar-refractivity contribution in [3.05, 3.63) is 0 Å². The molecule has 0 aliphatic heterocycles. The fourth-order valence-corrected chi connectivity index (χ4v) is 0. The van der Waals surface area contributed by atoms with Crippen LogP contribution in [0.25, 0.3) is 0 Å². The molecule has 0 heterocycles. The Hall–Kier alpha value is 2.53. The quantitative estimate of drug-likeness (QED) is 0.376. The molecule has 0 aromatic carbocycles. The fourth-order valence-electron chi connectivity index (χ4n) is 0. The van der Waals surface area contributed by atoms with Gasteiger partial charge in [0.1, 0.15) is 0 Å². The molecule has 0 aliphatic rings. The van der Waals surface area contributed by atoms with E-state index in [-0.39, 0.29) is 79.0 Å². The molecular weight excluding hydrogens is 546 g/mol. The Morgan fingerprint density at radius 3 is 1.00 bits per heavy atom. The molecule has 0 spiro atoms. The number of hydrogen-bond acceptors (Lipinski definition) is 0. The summed E-state index contributed by atoms with van der Waals surface area (Å²) in [5, 5.41) is 0. The molecule has 0 N–H and O–H groups in total. The first-order chi connectivity index (χ1) is 0. The summed E-state index contributed by atoms with van der Waals surface area (Å²) in [5.41, 5.74) is 0. The molecule has 0 nitrogen and oxygen atoms in total. The van der Waals surface area contributed by atoms with Crippen LogP contribution >= 0.6 is 0 Å². The first-order valence-electron chi connectivity index (χ1n) is 0. The van der Waals surface area contributed by atoms with E-state index in [2.05, 4.69) is 0 Å². The SMILES string of the molecule is [Au].[Fe].[Ir].[Ru]. The zero-order valence-corrected chi connectivity index (χ0v) is 8.75. The summed E-state index contributed by atoms with van der Waals surface area (Å²) >= 11 is 0. The van der Waals surface area contributed by atoms with Crippen LogP contribution in [0, 0.1) is 0 Å². The minimum absolute atomic E-state index is 0. The maximum absolute atomic E-state index is 0. The smallest absolute Gasteiger partial charge is 0 e. The number of rotatable bonds is 0. The molecule has 4 heavy (non-hydrogen) atoms. The van der Waals surface area contributed by atoms with E-state index in [1.54, 1.807) is 0 Å². The van der Waals surface area contributed by atoms with Crippen LogP contribution in [0.15, 0.2) is 0 Å². The maximum Gasteiger partial charge on any atom is 0 e. The third kappa shape index (κ3) is 8.82. The van der Waals surface area contributed by atoms with Gasteiger partial charge in [0.2, 0.25) is 0 Å². The van der Waals surface area contributed by atoms with Crippen molar-refractivity contribution in [1.82, 2.24) is 0 Å². The van der Waals surface area contributed by atoms with Crippen molar-refractivity contribution in [2.24, 2.45) is 0 Å². The third-order valence-corrected chi connectivity index (χ3v) is 0. The van der Waals surface area contributed by atoms with Gasteiger partial charge < -0.3 is 0 Å². The van der Waals surface area contributed by atoms with Crippen molar-refractivity contribution in [2.45, 2.75) is 0 Å². The minimum Gasteiger partial charge on any atom is 0 e. The van der Waals surface area contributed by atoms with E-state index in [1.807, 2.05) is 0 Å². The normalized spacial score (nSPS) is 0. The van der Waals surface area contributed by atoms with Gasteiger partial charge in [-0.15, -0.1) is 0 Å². The van der Waals surface area contributed by atoms with Crippen molar-refractivity contribution in [3.8, 4) is 0 Å². The van der Waals surface area contributed by atoms with Crippen LogP contribution < -0.4 is 0 Å². The van der Waals surface area contributed by atoms with Crippen LogP contribution in [0.1, 0.15) is 0 Å². The van der Waals surface area contributed by atoms with Gasteiger partial charge >= 0.3 is 0 Å². The summed E-state index contributed by atoms with van der Waals surface area (Å²) in [4.78, 5) is 0. The Morgan fingerprint density at radius 1 is 1.00 bits per heavy atom. The van der Waals surface area contributed by atoms with Gasteiger partial charge in [0.25, 0.3) is 0 Å². The molecule has 0 atom stereocenters. The molecule has 4 heteroatoms. The van der Waals surface area contributed by atoms with E-state index in [4.69, 9.17) is 0 Å². The number of hydrogen-bond donors (Lipinski definition) is 0. The second kappa shape index (κ2) is 17.7. The first-order valence-corrected chi connectivity index (χ1v) is 0.